The number of likely N-dealkylation sites (tertiary alicyclic amines) is 1. The Balaban J connectivity index is 1.91. The third kappa shape index (κ3) is 7.51. The molecule has 0 spiro atoms. The summed E-state index contributed by atoms with van der Waals surface area (Å²) in [4.78, 5) is 25.9. The van der Waals surface area contributed by atoms with E-state index in [1.807, 2.05) is 0 Å². The van der Waals surface area contributed by atoms with Crippen LogP contribution in [-0.2, 0) is 15.7 Å². The summed E-state index contributed by atoms with van der Waals surface area (Å²) in [7, 11) is 0. The minimum absolute atomic E-state index is 0.0633. The van der Waals surface area contributed by atoms with Gasteiger partial charge < -0.3 is 20.3 Å². The van der Waals surface area contributed by atoms with Crippen LogP contribution in [0.4, 0.5) is 23.7 Å². The number of anilines is 1. The van der Waals surface area contributed by atoms with Gasteiger partial charge in [-0.25, -0.2) is 4.79 Å². The van der Waals surface area contributed by atoms with Gasteiger partial charge in [0.25, 0.3) is 5.91 Å². The summed E-state index contributed by atoms with van der Waals surface area (Å²) in [6, 6.07) is 5.84. The molecule has 1 fully saturated rings. The zero-order valence-electron chi connectivity index (χ0n) is 17.5. The van der Waals surface area contributed by atoms with Crippen molar-refractivity contribution in [2.24, 2.45) is 0 Å². The molecule has 1 aliphatic heterocycles. The minimum Gasteiger partial charge on any atom is -0.444 e. The van der Waals surface area contributed by atoms with Gasteiger partial charge >= 0.3 is 12.3 Å². The number of alkyl halides is 3. The van der Waals surface area contributed by atoms with Crippen molar-refractivity contribution < 1.29 is 27.5 Å². The summed E-state index contributed by atoms with van der Waals surface area (Å²) >= 11 is 0. The van der Waals surface area contributed by atoms with E-state index in [9.17, 15) is 28.0 Å². The zero-order chi connectivity index (χ0) is 23.2. The Bertz CT molecular complexity index is 877. The molecule has 10 heteroatoms. The van der Waals surface area contributed by atoms with Crippen molar-refractivity contribution in [1.29, 1.82) is 5.26 Å². The van der Waals surface area contributed by atoms with Crippen molar-refractivity contribution >= 4 is 17.7 Å². The Kier molecular flexibility index (Phi) is 7.55. The van der Waals surface area contributed by atoms with E-state index >= 15 is 0 Å². The zero-order valence-corrected chi connectivity index (χ0v) is 17.5. The van der Waals surface area contributed by atoms with Gasteiger partial charge in [0.15, 0.2) is 0 Å². The van der Waals surface area contributed by atoms with Gasteiger partial charge in [-0.15, -0.1) is 0 Å². The van der Waals surface area contributed by atoms with E-state index < -0.39 is 23.2 Å². The van der Waals surface area contributed by atoms with E-state index in [2.05, 4.69) is 10.6 Å². The van der Waals surface area contributed by atoms with Crippen molar-refractivity contribution in [1.82, 2.24) is 10.2 Å². The van der Waals surface area contributed by atoms with E-state index in [1.54, 1.807) is 31.7 Å². The standard InChI is InChI=1S/C21H25F3N4O3/c1-20(2,3)31-19(30)28-9-7-16(8-10-28)26-13-14(12-25)18(29)27-17-6-4-5-15(11-17)21(22,23)24/h4-6,11,13,16,26H,7-10H2,1-3H3,(H,27,29)/b14-13-. The first-order valence-electron chi connectivity index (χ1n) is 9.72. The maximum absolute atomic E-state index is 12.8. The fourth-order valence-electron chi connectivity index (χ4n) is 2.88. The lowest BCUT2D eigenvalue weighted by molar-refractivity contribution is -0.137. The number of piperidine rings is 1. The second-order valence-corrected chi connectivity index (χ2v) is 8.11. The minimum atomic E-state index is -4.54. The highest BCUT2D eigenvalue weighted by atomic mass is 19.4. The third-order valence-corrected chi connectivity index (χ3v) is 4.42. The van der Waals surface area contributed by atoms with E-state index in [0.29, 0.717) is 25.9 Å². The summed E-state index contributed by atoms with van der Waals surface area (Å²) in [6.45, 7) is 6.28. The molecule has 2 amide bonds. The first-order chi connectivity index (χ1) is 14.4. The number of hydrogen-bond donors (Lipinski definition) is 2. The predicted molar refractivity (Wildman–Crippen MR) is 108 cm³/mol. The number of nitrogens with one attached hydrogen (secondary N) is 2. The Labute approximate surface area is 178 Å². The van der Waals surface area contributed by atoms with Gasteiger partial charge in [0.1, 0.15) is 17.2 Å². The molecule has 0 radical (unpaired) electrons. The van der Waals surface area contributed by atoms with Crippen LogP contribution in [-0.4, -0.2) is 41.6 Å². The number of benzene rings is 1. The average molecular weight is 438 g/mol. The number of carbonyl (C=O) groups is 2. The first-order valence-corrected chi connectivity index (χ1v) is 9.72. The molecule has 0 bridgehead atoms. The lowest BCUT2D eigenvalue weighted by Crippen LogP contribution is -2.45. The lowest BCUT2D eigenvalue weighted by Gasteiger charge is -2.33. The Morgan fingerprint density at radius 2 is 1.87 bits per heavy atom. The lowest BCUT2D eigenvalue weighted by atomic mass is 10.1. The number of nitrogens with zero attached hydrogens (tertiary/aromatic N) is 2. The van der Waals surface area contributed by atoms with E-state index in [0.717, 1.165) is 12.1 Å². The maximum atomic E-state index is 12.8. The molecule has 1 aromatic rings. The van der Waals surface area contributed by atoms with E-state index in [-0.39, 0.29) is 23.4 Å². The summed E-state index contributed by atoms with van der Waals surface area (Å²) < 4.78 is 43.7. The molecular formula is C21H25F3N4O3. The average Bonchev–Trinajstić information content (AvgIpc) is 2.67. The first kappa shape index (κ1) is 24.1. The summed E-state index contributed by atoms with van der Waals surface area (Å²) in [6.07, 6.45) is -2.51. The molecule has 31 heavy (non-hydrogen) atoms. The predicted octanol–water partition coefficient (Wildman–Crippen LogP) is 4.04. The van der Waals surface area contributed by atoms with Gasteiger partial charge in [-0.1, -0.05) is 6.07 Å². The van der Waals surface area contributed by atoms with E-state index in [4.69, 9.17) is 4.74 Å². The molecule has 2 N–H and O–H groups in total. The molecule has 1 aromatic carbocycles. The molecule has 168 valence electrons. The molecule has 0 aliphatic carbocycles. The molecule has 0 unspecified atom stereocenters. The highest BCUT2D eigenvalue weighted by Crippen LogP contribution is 2.30. The molecule has 0 aromatic heterocycles. The third-order valence-electron chi connectivity index (χ3n) is 4.42. The number of ether oxygens (including phenoxy) is 1. The van der Waals surface area contributed by atoms with Crippen LogP contribution in [0.2, 0.25) is 0 Å². The van der Waals surface area contributed by atoms with Crippen LogP contribution in [0, 0.1) is 11.3 Å². The number of hydrogen-bond acceptors (Lipinski definition) is 5. The van der Waals surface area contributed by atoms with Crippen LogP contribution < -0.4 is 10.6 Å². The van der Waals surface area contributed by atoms with Crippen LogP contribution in [0.5, 0.6) is 0 Å². The molecule has 0 atom stereocenters. The van der Waals surface area contributed by atoms with Crippen molar-refractivity contribution in [2.45, 2.75) is 51.4 Å². The summed E-state index contributed by atoms with van der Waals surface area (Å²) in [5, 5.41) is 14.5. The maximum Gasteiger partial charge on any atom is 0.416 e. The number of rotatable bonds is 4. The Morgan fingerprint density at radius 1 is 1.23 bits per heavy atom. The van der Waals surface area contributed by atoms with Crippen molar-refractivity contribution in [3.05, 3.63) is 41.6 Å². The molecule has 1 saturated heterocycles. The topological polar surface area (TPSA) is 94.5 Å². The highest BCUT2D eigenvalue weighted by Gasteiger charge is 2.30. The van der Waals surface area contributed by atoms with Crippen LogP contribution in [0.1, 0.15) is 39.2 Å². The van der Waals surface area contributed by atoms with Crippen molar-refractivity contribution in [3.63, 3.8) is 0 Å². The molecule has 0 saturated carbocycles. The normalized spacial score (nSPS) is 15.8. The molecule has 2 rings (SSSR count). The second-order valence-electron chi connectivity index (χ2n) is 8.11. The van der Waals surface area contributed by atoms with Crippen LogP contribution in [0.25, 0.3) is 0 Å². The quantitative estimate of drug-likeness (QED) is 0.547. The molecule has 1 aliphatic rings. The van der Waals surface area contributed by atoms with Crippen molar-refractivity contribution in [2.75, 3.05) is 18.4 Å². The number of amides is 2. The van der Waals surface area contributed by atoms with E-state index in [1.165, 1.54) is 18.3 Å². The summed E-state index contributed by atoms with van der Waals surface area (Å²) in [5.41, 5.74) is -1.81. The molecular weight excluding hydrogens is 413 g/mol. The number of carbonyl (C=O) groups excluding carboxylic acids is 2. The van der Waals surface area contributed by atoms with Gasteiger partial charge in [-0.05, 0) is 51.8 Å². The monoisotopic (exact) mass is 438 g/mol. The smallest absolute Gasteiger partial charge is 0.416 e. The largest absolute Gasteiger partial charge is 0.444 e. The Hall–Kier alpha value is -3.22. The van der Waals surface area contributed by atoms with Gasteiger partial charge in [-0.2, -0.15) is 18.4 Å². The van der Waals surface area contributed by atoms with Crippen LogP contribution >= 0.6 is 0 Å². The van der Waals surface area contributed by atoms with Crippen LogP contribution in [0.3, 0.4) is 0 Å². The fraction of sp³-hybridized carbons (Fsp3) is 0.476. The fourth-order valence-corrected chi connectivity index (χ4v) is 2.88. The highest BCUT2D eigenvalue weighted by molar-refractivity contribution is 6.06. The van der Waals surface area contributed by atoms with Gasteiger partial charge in [0.2, 0.25) is 0 Å². The number of nitriles is 1. The second kappa shape index (κ2) is 9.73. The molecule has 7 nitrogen and oxygen atoms in total. The SMILES string of the molecule is CC(C)(C)OC(=O)N1CCC(N/C=C(/C#N)C(=O)Nc2cccc(C(F)(F)F)c2)CC1. The van der Waals surface area contributed by atoms with Gasteiger partial charge in [0.05, 0.1) is 5.56 Å². The van der Waals surface area contributed by atoms with Gasteiger partial charge in [0, 0.05) is 31.0 Å². The summed E-state index contributed by atoms with van der Waals surface area (Å²) in [5.74, 6) is -0.819. The van der Waals surface area contributed by atoms with Crippen LogP contribution in [0.15, 0.2) is 36.0 Å². The van der Waals surface area contributed by atoms with Crippen molar-refractivity contribution in [3.8, 4) is 6.07 Å². The number of halogens is 3. The Morgan fingerprint density at radius 3 is 2.42 bits per heavy atom. The molecule has 1 heterocycles. The van der Waals surface area contributed by atoms with Gasteiger partial charge in [-0.3, -0.25) is 4.79 Å².